The standard InChI is InChI=1S/2C5H12S.Zn/c2*1-2-3-4-5-6;/h2*6H,2-5H2,1H3;. The third-order valence-corrected chi connectivity index (χ3v) is 2.16. The Morgan fingerprint density at radius 3 is 1.08 bits per heavy atom. The van der Waals surface area contributed by atoms with E-state index in [-0.39, 0.29) is 19.5 Å². The molecule has 0 aliphatic carbocycles. The molecule has 0 unspecified atom stereocenters. The van der Waals surface area contributed by atoms with E-state index in [0.717, 1.165) is 11.5 Å². The maximum Gasteiger partial charge on any atom is 0 e. The first-order valence-electron chi connectivity index (χ1n) is 5.05. The normalized spacial score (nSPS) is 8.31. The molecule has 0 aromatic rings. The van der Waals surface area contributed by atoms with Crippen molar-refractivity contribution in [3.63, 3.8) is 0 Å². The average Bonchev–Trinajstić information content (AvgIpc) is 2.12. The van der Waals surface area contributed by atoms with Crippen molar-refractivity contribution < 1.29 is 19.5 Å². The first-order chi connectivity index (χ1) is 5.83. The fourth-order valence-electron chi connectivity index (χ4n) is 0.724. The van der Waals surface area contributed by atoms with Gasteiger partial charge in [0.05, 0.1) is 0 Å². The van der Waals surface area contributed by atoms with Crippen molar-refractivity contribution in [1.29, 1.82) is 0 Å². The van der Waals surface area contributed by atoms with Crippen molar-refractivity contribution in [1.82, 2.24) is 0 Å². The summed E-state index contributed by atoms with van der Waals surface area (Å²) in [7, 11) is 0. The predicted octanol–water partition coefficient (Wildman–Crippen LogP) is 4.21. The van der Waals surface area contributed by atoms with E-state index in [4.69, 9.17) is 0 Å². The van der Waals surface area contributed by atoms with Crippen LogP contribution >= 0.6 is 25.3 Å². The van der Waals surface area contributed by atoms with Gasteiger partial charge in [-0.05, 0) is 24.3 Å². The summed E-state index contributed by atoms with van der Waals surface area (Å²) >= 11 is 8.11. The Morgan fingerprint density at radius 1 is 0.692 bits per heavy atom. The molecule has 0 saturated carbocycles. The molecule has 0 N–H and O–H groups in total. The number of hydrogen-bond acceptors (Lipinski definition) is 2. The average molecular weight is 274 g/mol. The molecule has 0 fully saturated rings. The Kier molecular flexibility index (Phi) is 35.5. The topological polar surface area (TPSA) is 0 Å². The second-order valence-electron chi connectivity index (χ2n) is 2.86. The Labute approximate surface area is 108 Å². The van der Waals surface area contributed by atoms with Gasteiger partial charge in [0.1, 0.15) is 0 Å². The van der Waals surface area contributed by atoms with Crippen LogP contribution in [-0.4, -0.2) is 11.5 Å². The summed E-state index contributed by atoms with van der Waals surface area (Å²) in [6.07, 6.45) is 7.84. The Morgan fingerprint density at radius 2 is 1.00 bits per heavy atom. The quantitative estimate of drug-likeness (QED) is 0.404. The van der Waals surface area contributed by atoms with Gasteiger partial charge in [0, 0.05) is 19.5 Å². The molecule has 0 aromatic heterocycles. The van der Waals surface area contributed by atoms with Crippen LogP contribution in [0, 0.1) is 0 Å². The molecule has 0 radical (unpaired) electrons. The van der Waals surface area contributed by atoms with Crippen LogP contribution in [0.4, 0.5) is 0 Å². The van der Waals surface area contributed by atoms with Gasteiger partial charge in [-0.25, -0.2) is 0 Å². The van der Waals surface area contributed by atoms with Crippen LogP contribution in [0.15, 0.2) is 0 Å². The molecule has 0 aromatic carbocycles. The van der Waals surface area contributed by atoms with Gasteiger partial charge in [0.15, 0.2) is 0 Å². The van der Waals surface area contributed by atoms with Crippen molar-refractivity contribution >= 4 is 25.3 Å². The maximum absolute atomic E-state index is 4.05. The van der Waals surface area contributed by atoms with E-state index < -0.39 is 0 Å². The van der Waals surface area contributed by atoms with Gasteiger partial charge >= 0.3 is 0 Å². The van der Waals surface area contributed by atoms with Gasteiger partial charge in [-0.3, -0.25) is 0 Å². The SMILES string of the molecule is CCCCCS.CCCCCS.[Zn]. The number of thiol groups is 2. The zero-order valence-corrected chi connectivity index (χ0v) is 14.0. The van der Waals surface area contributed by atoms with E-state index in [0.29, 0.717) is 0 Å². The van der Waals surface area contributed by atoms with Gasteiger partial charge in [0.25, 0.3) is 0 Å². The van der Waals surface area contributed by atoms with Gasteiger partial charge in [-0.15, -0.1) is 0 Å². The number of hydrogen-bond donors (Lipinski definition) is 2. The zero-order chi connectivity index (χ0) is 9.66. The zero-order valence-electron chi connectivity index (χ0n) is 9.26. The van der Waals surface area contributed by atoms with Crippen LogP contribution in [0.25, 0.3) is 0 Å². The molecule has 13 heavy (non-hydrogen) atoms. The van der Waals surface area contributed by atoms with Crippen molar-refractivity contribution in [2.24, 2.45) is 0 Å². The van der Waals surface area contributed by atoms with Gasteiger partial charge in [-0.2, -0.15) is 25.3 Å². The molecule has 0 heterocycles. The molecule has 3 heteroatoms. The molecule has 78 valence electrons. The second-order valence-corrected chi connectivity index (χ2v) is 3.76. The minimum absolute atomic E-state index is 0. The van der Waals surface area contributed by atoms with Gasteiger partial charge < -0.3 is 0 Å². The molecule has 0 amide bonds. The van der Waals surface area contributed by atoms with Crippen LogP contribution in [-0.2, 0) is 19.5 Å². The minimum atomic E-state index is 0. The van der Waals surface area contributed by atoms with Crippen molar-refractivity contribution in [3.8, 4) is 0 Å². The molecule has 0 aliphatic rings. The minimum Gasteiger partial charge on any atom is -0.179 e. The summed E-state index contributed by atoms with van der Waals surface area (Å²) < 4.78 is 0. The van der Waals surface area contributed by atoms with Gasteiger partial charge in [0.2, 0.25) is 0 Å². The molecule has 0 saturated heterocycles. The van der Waals surface area contributed by atoms with E-state index in [1.165, 1.54) is 38.5 Å². The third kappa shape index (κ3) is 31.9. The molecular weight excluding hydrogens is 250 g/mol. The molecule has 0 aliphatic heterocycles. The predicted molar refractivity (Wildman–Crippen MR) is 66.8 cm³/mol. The van der Waals surface area contributed by atoms with E-state index in [9.17, 15) is 0 Å². The van der Waals surface area contributed by atoms with Gasteiger partial charge in [-0.1, -0.05) is 39.5 Å². The van der Waals surface area contributed by atoms with E-state index >= 15 is 0 Å². The Hall–Kier alpha value is 1.32. The van der Waals surface area contributed by atoms with E-state index in [2.05, 4.69) is 39.1 Å². The number of rotatable bonds is 6. The molecule has 0 bridgehead atoms. The van der Waals surface area contributed by atoms with Crippen molar-refractivity contribution in [2.45, 2.75) is 52.4 Å². The Bertz CT molecular complexity index is 44.9. The smallest absolute Gasteiger partial charge is 0 e. The summed E-state index contributed by atoms with van der Waals surface area (Å²) in [5, 5.41) is 0. The van der Waals surface area contributed by atoms with Crippen molar-refractivity contribution in [3.05, 3.63) is 0 Å². The Balaban J connectivity index is -0.000000143. The second kappa shape index (κ2) is 23.3. The first-order valence-corrected chi connectivity index (χ1v) is 6.31. The molecule has 0 spiro atoms. The van der Waals surface area contributed by atoms with E-state index in [1.54, 1.807) is 0 Å². The number of unbranched alkanes of at least 4 members (excludes halogenated alkanes) is 4. The van der Waals surface area contributed by atoms with Crippen LogP contribution in [0.5, 0.6) is 0 Å². The molecule has 0 rings (SSSR count). The summed E-state index contributed by atoms with van der Waals surface area (Å²) in [5.41, 5.74) is 0. The van der Waals surface area contributed by atoms with Crippen LogP contribution in [0.2, 0.25) is 0 Å². The summed E-state index contributed by atoms with van der Waals surface area (Å²) in [5.74, 6) is 2.10. The largest absolute Gasteiger partial charge is 0.179 e. The molecular formula is C10H24S2Zn. The monoisotopic (exact) mass is 272 g/mol. The summed E-state index contributed by atoms with van der Waals surface area (Å²) in [6.45, 7) is 4.40. The maximum atomic E-state index is 4.05. The third-order valence-electron chi connectivity index (χ3n) is 1.52. The van der Waals surface area contributed by atoms with E-state index in [1.807, 2.05) is 0 Å². The molecule has 0 atom stereocenters. The van der Waals surface area contributed by atoms with Crippen LogP contribution < -0.4 is 0 Å². The summed E-state index contributed by atoms with van der Waals surface area (Å²) in [4.78, 5) is 0. The summed E-state index contributed by atoms with van der Waals surface area (Å²) in [6, 6.07) is 0. The van der Waals surface area contributed by atoms with Crippen LogP contribution in [0.3, 0.4) is 0 Å². The van der Waals surface area contributed by atoms with Crippen LogP contribution in [0.1, 0.15) is 52.4 Å². The fourth-order valence-corrected chi connectivity index (χ4v) is 1.17. The van der Waals surface area contributed by atoms with Crippen molar-refractivity contribution in [2.75, 3.05) is 11.5 Å². The first kappa shape index (κ1) is 19.8. The fraction of sp³-hybridized carbons (Fsp3) is 1.00. The molecule has 0 nitrogen and oxygen atoms in total.